The number of nitrogens with zero attached hydrogens (tertiary/aromatic N) is 2. The molecule has 1 aromatic carbocycles. The first-order chi connectivity index (χ1) is 11.0. The number of fused-ring (bicyclic) bond motifs is 1. The number of rotatable bonds is 1. The summed E-state index contributed by atoms with van der Waals surface area (Å²) in [7, 11) is 1.63. The molecule has 1 saturated heterocycles. The Kier molecular flexibility index (Phi) is 2.98. The number of benzene rings is 1. The summed E-state index contributed by atoms with van der Waals surface area (Å²) >= 11 is 0. The number of methoxy groups -OCH3 is 1. The van der Waals surface area contributed by atoms with Crippen molar-refractivity contribution in [2.45, 2.75) is 49.2 Å². The van der Waals surface area contributed by atoms with Gasteiger partial charge in [-0.2, -0.15) is 5.26 Å². The molecule has 120 valence electrons. The van der Waals surface area contributed by atoms with Crippen LogP contribution < -0.4 is 4.74 Å². The highest BCUT2D eigenvalue weighted by atomic mass is 16.5. The largest absolute Gasteiger partial charge is 0.497 e. The number of Topliss-reactive ketones (excluding diaryl/α,β-unsaturated/α-hetero) is 1. The van der Waals surface area contributed by atoms with Crippen molar-refractivity contribution in [3.8, 4) is 11.9 Å². The average Bonchev–Trinajstić information content (AvgIpc) is 2.55. The Morgan fingerprint density at radius 1 is 1.43 bits per heavy atom. The van der Waals surface area contributed by atoms with E-state index in [-0.39, 0.29) is 11.8 Å². The minimum absolute atomic E-state index is 0.203. The first kappa shape index (κ1) is 14.5. The van der Waals surface area contributed by atoms with Crippen molar-refractivity contribution in [1.82, 2.24) is 4.90 Å². The molecule has 0 radical (unpaired) electrons. The lowest BCUT2D eigenvalue weighted by Crippen LogP contribution is -2.72. The molecule has 1 aliphatic heterocycles. The molecule has 0 aromatic heterocycles. The van der Waals surface area contributed by atoms with Gasteiger partial charge in [-0.1, -0.05) is 6.07 Å². The fourth-order valence-electron chi connectivity index (χ4n) is 5.04. The van der Waals surface area contributed by atoms with Crippen LogP contribution in [0.25, 0.3) is 0 Å². The van der Waals surface area contributed by atoms with Crippen LogP contribution in [0.15, 0.2) is 18.2 Å². The van der Waals surface area contributed by atoms with Gasteiger partial charge in [-0.15, -0.1) is 0 Å². The summed E-state index contributed by atoms with van der Waals surface area (Å²) in [4.78, 5) is 14.0. The fourth-order valence-corrected chi connectivity index (χ4v) is 5.04. The SMILES string of the molecule is COc1ccc2c(c1)[C@]13CCN(C#N)[C@H](C2)C1(O)CCC(=O)C3. The minimum Gasteiger partial charge on any atom is -0.497 e. The highest BCUT2D eigenvalue weighted by Crippen LogP contribution is 2.57. The second-order valence-corrected chi connectivity index (χ2v) is 7.01. The van der Waals surface area contributed by atoms with Gasteiger partial charge < -0.3 is 14.7 Å². The van der Waals surface area contributed by atoms with Gasteiger partial charge in [-0.3, -0.25) is 4.79 Å². The van der Waals surface area contributed by atoms with E-state index in [9.17, 15) is 15.2 Å². The number of aliphatic hydroxyl groups is 1. The van der Waals surface area contributed by atoms with Gasteiger partial charge in [0.25, 0.3) is 0 Å². The van der Waals surface area contributed by atoms with Gasteiger partial charge in [0, 0.05) is 24.8 Å². The van der Waals surface area contributed by atoms with Gasteiger partial charge in [0.15, 0.2) is 6.19 Å². The number of hydrogen-bond acceptors (Lipinski definition) is 5. The normalized spacial score (nSPS) is 35.1. The van der Waals surface area contributed by atoms with E-state index in [0.29, 0.717) is 38.6 Å². The highest BCUT2D eigenvalue weighted by Gasteiger charge is 2.64. The van der Waals surface area contributed by atoms with Gasteiger partial charge in [-0.05, 0) is 42.5 Å². The van der Waals surface area contributed by atoms with Crippen LogP contribution in [0.1, 0.15) is 36.8 Å². The molecular weight excluding hydrogens is 292 g/mol. The van der Waals surface area contributed by atoms with Crippen LogP contribution in [0.5, 0.6) is 5.75 Å². The zero-order chi connectivity index (χ0) is 16.2. The molecule has 0 amide bonds. The van der Waals surface area contributed by atoms with Crippen LogP contribution in [-0.4, -0.2) is 41.1 Å². The van der Waals surface area contributed by atoms with Crippen molar-refractivity contribution < 1.29 is 14.6 Å². The van der Waals surface area contributed by atoms with E-state index in [4.69, 9.17) is 4.74 Å². The predicted octanol–water partition coefficient (Wildman–Crippen LogP) is 1.53. The van der Waals surface area contributed by atoms with Crippen LogP contribution in [-0.2, 0) is 16.6 Å². The lowest BCUT2D eigenvalue weighted by atomic mass is 9.49. The Morgan fingerprint density at radius 3 is 3.00 bits per heavy atom. The predicted molar refractivity (Wildman–Crippen MR) is 82.9 cm³/mol. The zero-order valence-corrected chi connectivity index (χ0v) is 13.2. The highest BCUT2D eigenvalue weighted by molar-refractivity contribution is 5.82. The van der Waals surface area contributed by atoms with Crippen molar-refractivity contribution in [1.29, 1.82) is 5.26 Å². The molecule has 1 unspecified atom stereocenters. The molecule has 2 fully saturated rings. The Hall–Kier alpha value is -2.06. The molecule has 1 aromatic rings. The summed E-state index contributed by atoms with van der Waals surface area (Å²) < 4.78 is 5.37. The van der Waals surface area contributed by atoms with Crippen LogP contribution in [0.4, 0.5) is 0 Å². The van der Waals surface area contributed by atoms with E-state index in [1.54, 1.807) is 12.0 Å². The zero-order valence-electron chi connectivity index (χ0n) is 13.2. The Balaban J connectivity index is 1.95. The summed E-state index contributed by atoms with van der Waals surface area (Å²) in [6, 6.07) is 5.67. The second-order valence-electron chi connectivity index (χ2n) is 7.01. The molecule has 1 saturated carbocycles. The summed E-state index contributed by atoms with van der Waals surface area (Å²) in [5.74, 6) is 0.953. The number of nitriles is 1. The molecule has 5 heteroatoms. The first-order valence-corrected chi connectivity index (χ1v) is 8.12. The van der Waals surface area contributed by atoms with E-state index >= 15 is 0 Å². The maximum absolute atomic E-state index is 12.2. The number of carbonyl (C=O) groups is 1. The molecular formula is C18H20N2O3. The van der Waals surface area contributed by atoms with Gasteiger partial charge in [0.2, 0.25) is 0 Å². The van der Waals surface area contributed by atoms with E-state index in [0.717, 1.165) is 16.9 Å². The summed E-state index contributed by atoms with van der Waals surface area (Å²) in [5, 5.41) is 21.1. The number of likely N-dealkylation sites (tertiary alicyclic amines) is 1. The van der Waals surface area contributed by atoms with Crippen LogP contribution in [0, 0.1) is 11.5 Å². The fraction of sp³-hybridized carbons (Fsp3) is 0.556. The third-order valence-electron chi connectivity index (χ3n) is 6.19. The second kappa shape index (κ2) is 4.72. The number of ketones is 1. The minimum atomic E-state index is -1.02. The summed E-state index contributed by atoms with van der Waals surface area (Å²) in [6.07, 6.45) is 4.70. The van der Waals surface area contributed by atoms with Crippen LogP contribution >= 0.6 is 0 Å². The van der Waals surface area contributed by atoms with Gasteiger partial charge >= 0.3 is 0 Å². The third kappa shape index (κ3) is 1.73. The molecule has 3 atom stereocenters. The summed E-state index contributed by atoms with van der Waals surface area (Å²) in [6.45, 7) is 0.591. The van der Waals surface area contributed by atoms with Gasteiger partial charge in [-0.25, -0.2) is 0 Å². The number of ether oxygens (including phenoxy) is 1. The molecule has 1 N–H and O–H groups in total. The molecule has 2 aliphatic carbocycles. The Morgan fingerprint density at radius 2 is 2.26 bits per heavy atom. The summed E-state index contributed by atoms with van der Waals surface area (Å²) in [5.41, 5.74) is 0.563. The number of hydrogen-bond donors (Lipinski definition) is 1. The van der Waals surface area contributed by atoms with Gasteiger partial charge in [0.05, 0.1) is 18.8 Å². The molecule has 2 bridgehead atoms. The van der Waals surface area contributed by atoms with Crippen molar-refractivity contribution in [2.75, 3.05) is 13.7 Å². The smallest absolute Gasteiger partial charge is 0.179 e. The van der Waals surface area contributed by atoms with Gasteiger partial charge in [0.1, 0.15) is 11.5 Å². The quantitative estimate of drug-likeness (QED) is 0.796. The first-order valence-electron chi connectivity index (χ1n) is 8.12. The molecule has 3 aliphatic rings. The number of carbonyl (C=O) groups excluding carboxylic acids is 1. The van der Waals surface area contributed by atoms with Crippen LogP contribution in [0.2, 0.25) is 0 Å². The standard InChI is InChI=1S/C18H20N2O3/c1-23-14-3-2-12-8-16-18(22)5-4-13(21)10-17(18,15(12)9-14)6-7-20(16)11-19/h2-3,9,16,22H,4-8,10H2,1H3/t16-,17-,18?/m1/s1. The lowest BCUT2D eigenvalue weighted by Gasteiger charge is -2.62. The monoisotopic (exact) mass is 312 g/mol. The molecule has 23 heavy (non-hydrogen) atoms. The molecule has 5 nitrogen and oxygen atoms in total. The van der Waals surface area contributed by atoms with E-state index in [1.807, 2.05) is 18.2 Å². The van der Waals surface area contributed by atoms with Crippen molar-refractivity contribution in [3.63, 3.8) is 0 Å². The molecule has 0 spiro atoms. The third-order valence-corrected chi connectivity index (χ3v) is 6.19. The van der Waals surface area contributed by atoms with E-state index in [2.05, 4.69) is 6.19 Å². The van der Waals surface area contributed by atoms with E-state index in [1.165, 1.54) is 0 Å². The average molecular weight is 312 g/mol. The maximum atomic E-state index is 12.2. The maximum Gasteiger partial charge on any atom is 0.179 e. The van der Waals surface area contributed by atoms with Crippen molar-refractivity contribution in [3.05, 3.63) is 29.3 Å². The van der Waals surface area contributed by atoms with Crippen molar-refractivity contribution >= 4 is 5.78 Å². The number of piperidine rings is 1. The Bertz CT molecular complexity index is 725. The lowest BCUT2D eigenvalue weighted by molar-refractivity contribution is -0.164. The topological polar surface area (TPSA) is 73.6 Å². The van der Waals surface area contributed by atoms with Crippen molar-refractivity contribution in [2.24, 2.45) is 0 Å². The Labute approximate surface area is 135 Å². The van der Waals surface area contributed by atoms with Crippen LogP contribution in [0.3, 0.4) is 0 Å². The molecule has 1 heterocycles. The molecule has 4 rings (SSSR count). The van der Waals surface area contributed by atoms with E-state index < -0.39 is 11.0 Å².